The highest BCUT2D eigenvalue weighted by Crippen LogP contribution is 2.10. The molecule has 0 radical (unpaired) electrons. The van der Waals surface area contributed by atoms with E-state index in [-0.39, 0.29) is 17.9 Å². The maximum Gasteiger partial charge on any atom is 0.237 e. The van der Waals surface area contributed by atoms with Gasteiger partial charge in [0, 0.05) is 6.04 Å². The van der Waals surface area contributed by atoms with Crippen molar-refractivity contribution in [2.45, 2.75) is 33.2 Å². The second-order valence-corrected chi connectivity index (χ2v) is 4.95. The highest BCUT2D eigenvalue weighted by Gasteiger charge is 2.22. The van der Waals surface area contributed by atoms with Crippen LogP contribution in [0.1, 0.15) is 26.3 Å². The number of nitrogens with zero attached hydrogens (tertiary/aromatic N) is 1. The van der Waals surface area contributed by atoms with Crippen LogP contribution in [0.4, 0.5) is 0 Å². The lowest BCUT2D eigenvalue weighted by molar-refractivity contribution is -0.125. The van der Waals surface area contributed by atoms with E-state index in [1.807, 2.05) is 51.1 Å². The molecule has 96 valence electrons. The first-order valence-corrected chi connectivity index (χ1v) is 6.28. The third kappa shape index (κ3) is 4.21. The Balaban J connectivity index is 2.53. The van der Waals surface area contributed by atoms with Gasteiger partial charge in [-0.15, -0.1) is 0 Å². The minimum atomic E-state index is -0.566. The number of nitrogens with one attached hydrogen (secondary N) is 1. The quantitative estimate of drug-likeness (QED) is 0.865. The van der Waals surface area contributed by atoms with Crippen molar-refractivity contribution in [3.63, 3.8) is 0 Å². The summed E-state index contributed by atoms with van der Waals surface area (Å²) in [5.74, 6) is -0.696. The normalized spacial score (nSPS) is 13.7. The third-order valence-corrected chi connectivity index (χ3v) is 2.86. The maximum atomic E-state index is 11.9. The van der Waals surface area contributed by atoms with Gasteiger partial charge in [0.1, 0.15) is 5.92 Å². The molecule has 1 amide bonds. The topological polar surface area (TPSA) is 52.9 Å². The van der Waals surface area contributed by atoms with Crippen molar-refractivity contribution in [2.75, 3.05) is 0 Å². The summed E-state index contributed by atoms with van der Waals surface area (Å²) in [4.78, 5) is 11.9. The summed E-state index contributed by atoms with van der Waals surface area (Å²) in [5, 5.41) is 11.9. The second kappa shape index (κ2) is 6.80. The molecule has 0 aromatic heterocycles. The molecular weight excluding hydrogens is 224 g/mol. The Morgan fingerprint density at radius 1 is 1.28 bits per heavy atom. The van der Waals surface area contributed by atoms with Crippen molar-refractivity contribution >= 4 is 5.91 Å². The molecule has 0 heterocycles. The molecule has 3 heteroatoms. The van der Waals surface area contributed by atoms with Crippen molar-refractivity contribution < 1.29 is 4.79 Å². The summed E-state index contributed by atoms with van der Waals surface area (Å²) in [6.07, 6.45) is 0.781. The third-order valence-electron chi connectivity index (χ3n) is 2.86. The van der Waals surface area contributed by atoms with Gasteiger partial charge in [-0.2, -0.15) is 5.26 Å². The van der Waals surface area contributed by atoms with Crippen LogP contribution in [0.5, 0.6) is 0 Å². The van der Waals surface area contributed by atoms with Crippen LogP contribution in [0.25, 0.3) is 0 Å². The number of benzene rings is 1. The Labute approximate surface area is 109 Å². The molecule has 0 aliphatic heterocycles. The molecule has 1 aromatic rings. The summed E-state index contributed by atoms with van der Waals surface area (Å²) < 4.78 is 0. The van der Waals surface area contributed by atoms with Crippen LogP contribution in [0.3, 0.4) is 0 Å². The van der Waals surface area contributed by atoms with Crippen LogP contribution >= 0.6 is 0 Å². The molecule has 0 fully saturated rings. The molecule has 0 saturated heterocycles. The summed E-state index contributed by atoms with van der Waals surface area (Å²) >= 11 is 0. The van der Waals surface area contributed by atoms with Crippen LogP contribution in [0.15, 0.2) is 30.3 Å². The lowest BCUT2D eigenvalue weighted by Crippen LogP contribution is -2.39. The number of carbonyl (C=O) groups is 1. The highest BCUT2D eigenvalue weighted by atomic mass is 16.1. The molecule has 0 saturated carbocycles. The van der Waals surface area contributed by atoms with Crippen LogP contribution in [0, 0.1) is 23.2 Å². The lowest BCUT2D eigenvalue weighted by Gasteiger charge is -2.18. The van der Waals surface area contributed by atoms with Crippen LogP contribution in [-0.4, -0.2) is 11.9 Å². The van der Waals surface area contributed by atoms with E-state index in [9.17, 15) is 4.79 Å². The van der Waals surface area contributed by atoms with E-state index in [0.717, 1.165) is 6.42 Å². The number of amides is 1. The lowest BCUT2D eigenvalue weighted by atomic mass is 9.96. The van der Waals surface area contributed by atoms with E-state index in [1.165, 1.54) is 5.56 Å². The summed E-state index contributed by atoms with van der Waals surface area (Å²) in [6.45, 7) is 5.73. The maximum absolute atomic E-state index is 11.9. The zero-order valence-corrected chi connectivity index (χ0v) is 11.2. The van der Waals surface area contributed by atoms with Crippen molar-refractivity contribution in [1.82, 2.24) is 5.32 Å². The Kier molecular flexibility index (Phi) is 5.38. The molecule has 1 N–H and O–H groups in total. The molecule has 0 aliphatic rings. The Morgan fingerprint density at radius 3 is 2.39 bits per heavy atom. The summed E-state index contributed by atoms with van der Waals surface area (Å²) in [7, 11) is 0. The van der Waals surface area contributed by atoms with Crippen LogP contribution in [0.2, 0.25) is 0 Å². The van der Waals surface area contributed by atoms with Crippen molar-refractivity contribution in [3.8, 4) is 6.07 Å². The number of carbonyl (C=O) groups excluding carboxylic acids is 1. The smallest absolute Gasteiger partial charge is 0.237 e. The average molecular weight is 244 g/mol. The Hall–Kier alpha value is -1.82. The van der Waals surface area contributed by atoms with E-state index < -0.39 is 5.92 Å². The van der Waals surface area contributed by atoms with Crippen LogP contribution < -0.4 is 5.32 Å². The van der Waals surface area contributed by atoms with Gasteiger partial charge < -0.3 is 5.32 Å². The van der Waals surface area contributed by atoms with E-state index in [1.54, 1.807) is 0 Å². The Bertz CT molecular complexity index is 420. The van der Waals surface area contributed by atoms with Crippen molar-refractivity contribution in [3.05, 3.63) is 35.9 Å². The van der Waals surface area contributed by atoms with Gasteiger partial charge in [0.2, 0.25) is 5.91 Å². The van der Waals surface area contributed by atoms with Crippen LogP contribution in [-0.2, 0) is 11.2 Å². The predicted octanol–water partition coefficient (Wildman–Crippen LogP) is 2.53. The SMILES string of the molecule is CC(Cc1ccccc1)NC(=O)C(C#N)C(C)C. The molecule has 0 spiro atoms. The largest absolute Gasteiger partial charge is 0.352 e. The predicted molar refractivity (Wildman–Crippen MR) is 71.7 cm³/mol. The monoisotopic (exact) mass is 244 g/mol. The molecule has 0 bridgehead atoms. The zero-order chi connectivity index (χ0) is 13.5. The number of hydrogen-bond donors (Lipinski definition) is 1. The second-order valence-electron chi connectivity index (χ2n) is 4.95. The molecular formula is C15H20N2O. The van der Waals surface area contributed by atoms with Gasteiger partial charge in [-0.3, -0.25) is 4.79 Å². The molecule has 2 unspecified atom stereocenters. The standard InChI is InChI=1S/C15H20N2O/c1-11(2)14(10-16)15(18)17-12(3)9-13-7-5-4-6-8-13/h4-8,11-12,14H,9H2,1-3H3,(H,17,18). The molecule has 0 aliphatic carbocycles. The summed E-state index contributed by atoms with van der Waals surface area (Å²) in [5.41, 5.74) is 1.18. The molecule has 18 heavy (non-hydrogen) atoms. The van der Waals surface area contributed by atoms with E-state index in [2.05, 4.69) is 11.4 Å². The fraction of sp³-hybridized carbons (Fsp3) is 0.467. The van der Waals surface area contributed by atoms with Crippen molar-refractivity contribution in [2.24, 2.45) is 11.8 Å². The average Bonchev–Trinajstić information content (AvgIpc) is 2.30. The van der Waals surface area contributed by atoms with Gasteiger partial charge in [0.05, 0.1) is 6.07 Å². The molecule has 1 rings (SSSR count). The first kappa shape index (κ1) is 14.2. The van der Waals surface area contributed by atoms with Gasteiger partial charge in [-0.25, -0.2) is 0 Å². The van der Waals surface area contributed by atoms with Gasteiger partial charge in [-0.1, -0.05) is 44.2 Å². The fourth-order valence-electron chi connectivity index (χ4n) is 1.86. The van der Waals surface area contributed by atoms with Gasteiger partial charge in [-0.05, 0) is 24.8 Å². The van der Waals surface area contributed by atoms with Crippen molar-refractivity contribution in [1.29, 1.82) is 5.26 Å². The Morgan fingerprint density at radius 2 is 1.89 bits per heavy atom. The number of nitriles is 1. The number of hydrogen-bond acceptors (Lipinski definition) is 2. The van der Waals surface area contributed by atoms with E-state index in [0.29, 0.717) is 0 Å². The minimum absolute atomic E-state index is 0.0366. The van der Waals surface area contributed by atoms with Gasteiger partial charge in [0.25, 0.3) is 0 Å². The molecule has 3 nitrogen and oxygen atoms in total. The molecule has 2 atom stereocenters. The highest BCUT2D eigenvalue weighted by molar-refractivity contribution is 5.81. The first-order chi connectivity index (χ1) is 8.54. The van der Waals surface area contributed by atoms with Gasteiger partial charge >= 0.3 is 0 Å². The fourth-order valence-corrected chi connectivity index (χ4v) is 1.86. The summed E-state index contributed by atoms with van der Waals surface area (Å²) in [6, 6.07) is 12.1. The van der Waals surface area contributed by atoms with E-state index in [4.69, 9.17) is 5.26 Å². The first-order valence-electron chi connectivity index (χ1n) is 6.28. The minimum Gasteiger partial charge on any atom is -0.352 e. The zero-order valence-electron chi connectivity index (χ0n) is 11.2. The molecule has 1 aromatic carbocycles. The van der Waals surface area contributed by atoms with E-state index >= 15 is 0 Å². The van der Waals surface area contributed by atoms with Gasteiger partial charge in [0.15, 0.2) is 0 Å². The number of rotatable bonds is 5.